The molecule has 0 saturated heterocycles. The van der Waals surface area contributed by atoms with Gasteiger partial charge in [-0.3, -0.25) is 10.1 Å². The van der Waals surface area contributed by atoms with Crippen LogP contribution in [0.15, 0.2) is 17.6 Å². The number of nitrogens with one attached hydrogen (secondary N) is 1. The molecule has 2 atom stereocenters. The van der Waals surface area contributed by atoms with Crippen LogP contribution >= 0.6 is 11.3 Å². The minimum atomic E-state index is -0.686. The van der Waals surface area contributed by atoms with Crippen LogP contribution in [0.1, 0.15) is 6.92 Å². The second-order valence-electron chi connectivity index (χ2n) is 4.20. The van der Waals surface area contributed by atoms with Gasteiger partial charge < -0.3 is 16.2 Å². The Morgan fingerprint density at radius 3 is 3.00 bits per heavy atom. The maximum Gasteiger partial charge on any atom is 0.319 e. The van der Waals surface area contributed by atoms with Gasteiger partial charge in [0.05, 0.1) is 21.2 Å². The van der Waals surface area contributed by atoms with Crippen LogP contribution in [0.2, 0.25) is 0 Å². The van der Waals surface area contributed by atoms with E-state index in [-0.39, 0.29) is 12.2 Å². The first kappa shape index (κ1) is 13.7. The van der Waals surface area contributed by atoms with E-state index in [1.807, 2.05) is 0 Å². The molecule has 0 aliphatic carbocycles. The minimum Gasteiger partial charge on any atom is -0.392 e. The molecule has 2 rings (SSSR count). The second-order valence-corrected chi connectivity index (χ2v) is 5.09. The number of aromatic nitrogens is 1. The number of rotatable bonds is 5. The first-order valence-corrected chi connectivity index (χ1v) is 6.56. The summed E-state index contributed by atoms with van der Waals surface area (Å²) >= 11 is 1.35. The Kier molecular flexibility index (Phi) is 3.93. The number of nitro groups is 1. The summed E-state index contributed by atoms with van der Waals surface area (Å²) < 4.78 is 0.761. The first-order valence-electron chi connectivity index (χ1n) is 5.69. The lowest BCUT2D eigenvalue weighted by atomic mass is 10.2. The van der Waals surface area contributed by atoms with Crippen molar-refractivity contribution in [2.75, 3.05) is 11.9 Å². The number of hydrogen-bond acceptors (Lipinski definition) is 7. The maximum absolute atomic E-state index is 11.2. The van der Waals surface area contributed by atoms with E-state index >= 15 is 0 Å². The summed E-state index contributed by atoms with van der Waals surface area (Å²) in [6.45, 7) is 1.82. The number of fused-ring (bicyclic) bond motifs is 1. The third-order valence-corrected chi connectivity index (χ3v) is 3.60. The highest BCUT2D eigenvalue weighted by atomic mass is 32.1. The molecule has 1 aromatic carbocycles. The predicted octanol–water partition coefficient (Wildman–Crippen LogP) is 1.32. The Morgan fingerprint density at radius 2 is 2.37 bits per heavy atom. The summed E-state index contributed by atoms with van der Waals surface area (Å²) in [5.74, 6) is 0. The minimum absolute atomic E-state index is 0.0588. The van der Waals surface area contributed by atoms with Crippen molar-refractivity contribution in [2.45, 2.75) is 19.1 Å². The van der Waals surface area contributed by atoms with Gasteiger partial charge in [-0.25, -0.2) is 4.98 Å². The van der Waals surface area contributed by atoms with Gasteiger partial charge in [0.1, 0.15) is 5.69 Å². The molecule has 19 heavy (non-hydrogen) atoms. The molecule has 0 bridgehead atoms. The van der Waals surface area contributed by atoms with Crippen molar-refractivity contribution in [3.8, 4) is 0 Å². The monoisotopic (exact) mass is 282 g/mol. The van der Waals surface area contributed by atoms with Crippen molar-refractivity contribution < 1.29 is 10.0 Å². The molecule has 0 aliphatic heterocycles. The van der Waals surface area contributed by atoms with Crippen molar-refractivity contribution in [1.82, 2.24) is 4.98 Å². The van der Waals surface area contributed by atoms with Gasteiger partial charge in [-0.2, -0.15) is 0 Å². The fourth-order valence-electron chi connectivity index (χ4n) is 1.64. The van der Waals surface area contributed by atoms with Crippen LogP contribution in [0.4, 0.5) is 11.4 Å². The van der Waals surface area contributed by atoms with Crippen molar-refractivity contribution in [2.24, 2.45) is 5.73 Å². The molecule has 102 valence electrons. The summed E-state index contributed by atoms with van der Waals surface area (Å²) in [4.78, 5) is 14.7. The zero-order valence-corrected chi connectivity index (χ0v) is 11.1. The Balaban J connectivity index is 2.32. The van der Waals surface area contributed by atoms with Gasteiger partial charge in [-0.1, -0.05) is 0 Å². The molecule has 1 aromatic heterocycles. The van der Waals surface area contributed by atoms with Crippen LogP contribution in [-0.4, -0.2) is 33.7 Å². The van der Waals surface area contributed by atoms with Crippen LogP contribution in [-0.2, 0) is 0 Å². The van der Waals surface area contributed by atoms with Crippen LogP contribution in [0.25, 0.3) is 10.2 Å². The van der Waals surface area contributed by atoms with E-state index < -0.39 is 17.1 Å². The standard InChI is InChI=1S/C11H14N4O3S/c1-6(16)7(12)4-13-8-2-3-9-10(14-5-19-9)11(8)15(17)18/h2-3,5-7,13,16H,4,12H2,1H3. The quantitative estimate of drug-likeness (QED) is 0.563. The zero-order chi connectivity index (χ0) is 14.0. The number of nitrogens with two attached hydrogens (primary N) is 1. The first-order chi connectivity index (χ1) is 9.00. The number of anilines is 1. The second kappa shape index (κ2) is 5.47. The number of nitrogens with zero attached hydrogens (tertiary/aromatic N) is 2. The van der Waals surface area contributed by atoms with Gasteiger partial charge in [-0.05, 0) is 19.1 Å². The van der Waals surface area contributed by atoms with E-state index in [1.54, 1.807) is 24.6 Å². The molecule has 0 saturated carbocycles. The summed E-state index contributed by atoms with van der Waals surface area (Å²) in [7, 11) is 0. The number of benzene rings is 1. The van der Waals surface area contributed by atoms with Crippen molar-refractivity contribution in [3.05, 3.63) is 27.8 Å². The lowest BCUT2D eigenvalue weighted by molar-refractivity contribution is -0.382. The number of aliphatic hydroxyl groups is 1. The van der Waals surface area contributed by atoms with Crippen molar-refractivity contribution >= 4 is 32.9 Å². The van der Waals surface area contributed by atoms with Gasteiger partial charge in [0.2, 0.25) is 0 Å². The van der Waals surface area contributed by atoms with Gasteiger partial charge in [0, 0.05) is 12.6 Å². The predicted molar refractivity (Wildman–Crippen MR) is 74.4 cm³/mol. The molecule has 0 aliphatic rings. The Labute approximate surface area is 113 Å². The Bertz CT molecular complexity index is 599. The SMILES string of the molecule is CC(O)C(N)CNc1ccc2scnc2c1[N+](=O)[O-]. The average molecular weight is 282 g/mol. The van der Waals surface area contributed by atoms with Crippen molar-refractivity contribution in [3.63, 3.8) is 0 Å². The Morgan fingerprint density at radius 1 is 1.63 bits per heavy atom. The molecule has 0 fully saturated rings. The normalized spacial score (nSPS) is 14.3. The molecule has 1 heterocycles. The van der Waals surface area contributed by atoms with Crippen LogP contribution in [0, 0.1) is 10.1 Å². The number of nitro benzene ring substituents is 1. The van der Waals surface area contributed by atoms with Gasteiger partial charge in [-0.15, -0.1) is 11.3 Å². The molecule has 7 nitrogen and oxygen atoms in total. The summed E-state index contributed by atoms with van der Waals surface area (Å²) in [6.07, 6.45) is -0.686. The highest BCUT2D eigenvalue weighted by Crippen LogP contribution is 2.34. The van der Waals surface area contributed by atoms with Crippen LogP contribution in [0.5, 0.6) is 0 Å². The van der Waals surface area contributed by atoms with E-state index in [4.69, 9.17) is 5.73 Å². The zero-order valence-electron chi connectivity index (χ0n) is 10.2. The average Bonchev–Trinajstić information content (AvgIpc) is 2.82. The Hall–Kier alpha value is -1.77. The molecular formula is C11H14N4O3S. The maximum atomic E-state index is 11.2. The van der Waals surface area contributed by atoms with Gasteiger partial charge in [0.15, 0.2) is 5.52 Å². The third kappa shape index (κ3) is 2.80. The fraction of sp³-hybridized carbons (Fsp3) is 0.364. The largest absolute Gasteiger partial charge is 0.392 e. The van der Waals surface area contributed by atoms with Crippen molar-refractivity contribution in [1.29, 1.82) is 0 Å². The van der Waals surface area contributed by atoms with Gasteiger partial charge >= 0.3 is 5.69 Å². The molecule has 2 unspecified atom stereocenters. The highest BCUT2D eigenvalue weighted by molar-refractivity contribution is 7.16. The topological polar surface area (TPSA) is 114 Å². The lowest BCUT2D eigenvalue weighted by Gasteiger charge is -2.16. The van der Waals surface area contributed by atoms with Crippen LogP contribution < -0.4 is 11.1 Å². The molecule has 0 spiro atoms. The van der Waals surface area contributed by atoms with Gasteiger partial charge in [0.25, 0.3) is 0 Å². The molecule has 0 radical (unpaired) electrons. The molecule has 4 N–H and O–H groups in total. The van der Waals surface area contributed by atoms with E-state index in [2.05, 4.69) is 10.3 Å². The smallest absolute Gasteiger partial charge is 0.319 e. The molecular weight excluding hydrogens is 268 g/mol. The van der Waals surface area contributed by atoms with E-state index in [0.717, 1.165) is 4.70 Å². The van der Waals surface area contributed by atoms with E-state index in [9.17, 15) is 15.2 Å². The van der Waals surface area contributed by atoms with E-state index in [0.29, 0.717) is 11.2 Å². The molecule has 8 heteroatoms. The number of aliphatic hydroxyl groups excluding tert-OH is 1. The number of thiazole rings is 1. The fourth-order valence-corrected chi connectivity index (χ4v) is 2.32. The lowest BCUT2D eigenvalue weighted by Crippen LogP contribution is -2.38. The molecule has 2 aromatic rings. The van der Waals surface area contributed by atoms with E-state index in [1.165, 1.54) is 11.3 Å². The molecule has 0 amide bonds. The highest BCUT2D eigenvalue weighted by Gasteiger charge is 2.21. The summed E-state index contributed by atoms with van der Waals surface area (Å²) in [5.41, 5.74) is 7.93. The number of hydrogen-bond donors (Lipinski definition) is 3. The third-order valence-electron chi connectivity index (χ3n) is 2.81. The summed E-state index contributed by atoms with van der Waals surface area (Å²) in [5, 5.41) is 23.4. The van der Waals surface area contributed by atoms with Crippen LogP contribution in [0.3, 0.4) is 0 Å². The summed E-state index contributed by atoms with van der Waals surface area (Å²) in [6, 6.07) is 2.91.